The highest BCUT2D eigenvalue weighted by atomic mass is 16.5. The van der Waals surface area contributed by atoms with Gasteiger partial charge in [0, 0.05) is 44.9 Å². The number of carbonyl (C=O) groups excluding carboxylic acids is 1. The molecule has 8 heteroatoms. The summed E-state index contributed by atoms with van der Waals surface area (Å²) in [5.41, 5.74) is 1.10. The van der Waals surface area contributed by atoms with E-state index in [1.165, 1.54) is 17.9 Å². The average molecular weight is 389 g/mol. The lowest BCUT2D eigenvalue weighted by Crippen LogP contribution is -2.27. The van der Waals surface area contributed by atoms with Crippen molar-refractivity contribution >= 4 is 5.91 Å². The molecule has 2 aromatic rings. The van der Waals surface area contributed by atoms with Gasteiger partial charge in [-0.1, -0.05) is 0 Å². The van der Waals surface area contributed by atoms with E-state index in [9.17, 15) is 9.59 Å². The van der Waals surface area contributed by atoms with Crippen LogP contribution >= 0.6 is 0 Å². The van der Waals surface area contributed by atoms with Crippen molar-refractivity contribution in [3.8, 4) is 22.8 Å². The summed E-state index contributed by atoms with van der Waals surface area (Å²) >= 11 is 0. The van der Waals surface area contributed by atoms with Gasteiger partial charge in [-0.3, -0.25) is 9.59 Å². The summed E-state index contributed by atoms with van der Waals surface area (Å²) in [4.78, 5) is 24.1. The molecule has 0 atom stereocenters. The normalized spacial score (nSPS) is 10.5. The van der Waals surface area contributed by atoms with Crippen molar-refractivity contribution in [1.29, 1.82) is 0 Å². The van der Waals surface area contributed by atoms with Gasteiger partial charge in [-0.15, -0.1) is 0 Å². The molecule has 0 aliphatic carbocycles. The Morgan fingerprint density at radius 1 is 1.11 bits per heavy atom. The topological polar surface area (TPSA) is 91.7 Å². The van der Waals surface area contributed by atoms with Crippen LogP contribution in [0.5, 0.6) is 11.5 Å². The number of ether oxygens (including phenoxy) is 3. The Morgan fingerprint density at radius 2 is 1.86 bits per heavy atom. The molecule has 8 nitrogen and oxygen atoms in total. The molecule has 2 rings (SSSR count). The van der Waals surface area contributed by atoms with E-state index in [-0.39, 0.29) is 11.5 Å². The number of aryl methyl sites for hydroxylation is 1. The third-order valence-corrected chi connectivity index (χ3v) is 4.17. The first kappa shape index (κ1) is 21.4. The fourth-order valence-electron chi connectivity index (χ4n) is 2.66. The van der Waals surface area contributed by atoms with Crippen molar-refractivity contribution in [2.45, 2.75) is 25.8 Å². The van der Waals surface area contributed by atoms with Crippen LogP contribution in [-0.2, 0) is 16.1 Å². The van der Waals surface area contributed by atoms with E-state index in [0.717, 1.165) is 17.7 Å². The minimum atomic E-state index is -0.269. The van der Waals surface area contributed by atoms with Gasteiger partial charge in [-0.2, -0.15) is 5.10 Å². The first-order chi connectivity index (χ1) is 13.6. The number of hydrogen-bond acceptors (Lipinski definition) is 6. The zero-order chi connectivity index (χ0) is 20.4. The maximum absolute atomic E-state index is 12.3. The highest BCUT2D eigenvalue weighted by molar-refractivity contribution is 5.75. The number of aromatic nitrogens is 2. The van der Waals surface area contributed by atoms with E-state index in [1.54, 1.807) is 14.2 Å². The predicted octanol–water partition coefficient (Wildman–Crippen LogP) is 1.86. The maximum Gasteiger partial charge on any atom is 0.270 e. The monoisotopic (exact) mass is 389 g/mol. The third-order valence-electron chi connectivity index (χ3n) is 4.17. The summed E-state index contributed by atoms with van der Waals surface area (Å²) in [6.07, 6.45) is 1.61. The van der Waals surface area contributed by atoms with Gasteiger partial charge in [0.15, 0.2) is 5.75 Å². The lowest BCUT2D eigenvalue weighted by Gasteiger charge is -2.12. The van der Waals surface area contributed by atoms with Crippen LogP contribution in [0.2, 0.25) is 0 Å². The van der Waals surface area contributed by atoms with Crippen LogP contribution in [0.25, 0.3) is 11.3 Å². The van der Waals surface area contributed by atoms with Crippen molar-refractivity contribution in [3.05, 3.63) is 40.7 Å². The molecule has 0 aliphatic rings. The summed E-state index contributed by atoms with van der Waals surface area (Å²) < 4.78 is 16.8. The second kappa shape index (κ2) is 11.1. The molecule has 1 aromatic carbocycles. The van der Waals surface area contributed by atoms with Gasteiger partial charge in [-0.25, -0.2) is 4.68 Å². The van der Waals surface area contributed by atoms with Crippen molar-refractivity contribution in [2.24, 2.45) is 0 Å². The van der Waals surface area contributed by atoms with Crippen molar-refractivity contribution < 1.29 is 19.0 Å². The van der Waals surface area contributed by atoms with Crippen LogP contribution in [0.15, 0.2) is 35.1 Å². The Kier molecular flexibility index (Phi) is 8.48. The lowest BCUT2D eigenvalue weighted by atomic mass is 10.1. The van der Waals surface area contributed by atoms with Crippen LogP contribution in [-0.4, -0.2) is 50.2 Å². The minimum absolute atomic E-state index is 0.0481. The van der Waals surface area contributed by atoms with E-state index in [2.05, 4.69) is 10.4 Å². The molecule has 0 fully saturated rings. The molecule has 0 radical (unpaired) electrons. The molecule has 1 N–H and O–H groups in total. The van der Waals surface area contributed by atoms with Gasteiger partial charge in [0.2, 0.25) is 5.91 Å². The van der Waals surface area contributed by atoms with Gasteiger partial charge in [-0.05, 0) is 37.1 Å². The van der Waals surface area contributed by atoms with Crippen molar-refractivity contribution in [1.82, 2.24) is 15.1 Å². The Balaban J connectivity index is 2.04. The largest absolute Gasteiger partial charge is 0.497 e. The standard InChI is InChI=1S/C20H27N3O5/c1-26-13-5-11-21-18(24)6-4-12-23-19(25)14-17(28-3)20(22-23)15-7-9-16(27-2)10-8-15/h7-10,14H,4-6,11-13H2,1-3H3,(H,21,24). The zero-order valence-electron chi connectivity index (χ0n) is 16.6. The molecule has 0 aliphatic heterocycles. The number of carbonyl (C=O) groups is 1. The molecule has 0 saturated heterocycles. The SMILES string of the molecule is COCCCNC(=O)CCCn1nc(-c2ccc(OC)cc2)c(OC)cc1=O. The van der Waals surface area contributed by atoms with E-state index in [4.69, 9.17) is 14.2 Å². The van der Waals surface area contributed by atoms with Crippen LogP contribution in [0, 0.1) is 0 Å². The fraction of sp³-hybridized carbons (Fsp3) is 0.450. The van der Waals surface area contributed by atoms with Gasteiger partial charge in [0.05, 0.1) is 14.2 Å². The first-order valence-corrected chi connectivity index (χ1v) is 9.15. The highest BCUT2D eigenvalue weighted by Gasteiger charge is 2.12. The summed E-state index contributed by atoms with van der Waals surface area (Å²) in [7, 11) is 4.73. The van der Waals surface area contributed by atoms with Crippen molar-refractivity contribution in [2.75, 3.05) is 34.5 Å². The van der Waals surface area contributed by atoms with E-state index >= 15 is 0 Å². The van der Waals surface area contributed by atoms with Crippen LogP contribution in [0.1, 0.15) is 19.3 Å². The fourth-order valence-corrected chi connectivity index (χ4v) is 2.66. The number of nitrogens with zero attached hydrogens (tertiary/aromatic N) is 2. The van der Waals surface area contributed by atoms with Gasteiger partial charge in [0.1, 0.15) is 11.4 Å². The Labute approximate surface area is 164 Å². The van der Waals surface area contributed by atoms with E-state index < -0.39 is 0 Å². The number of methoxy groups -OCH3 is 3. The van der Waals surface area contributed by atoms with Gasteiger partial charge in [0.25, 0.3) is 5.56 Å². The lowest BCUT2D eigenvalue weighted by molar-refractivity contribution is -0.121. The van der Waals surface area contributed by atoms with Crippen LogP contribution in [0.4, 0.5) is 0 Å². The Hall–Kier alpha value is -2.87. The summed E-state index contributed by atoms with van der Waals surface area (Å²) in [6.45, 7) is 1.53. The highest BCUT2D eigenvalue weighted by Crippen LogP contribution is 2.27. The molecule has 1 amide bonds. The van der Waals surface area contributed by atoms with Crippen LogP contribution < -0.4 is 20.3 Å². The second-order valence-corrected chi connectivity index (χ2v) is 6.15. The predicted molar refractivity (Wildman–Crippen MR) is 106 cm³/mol. The number of nitrogens with one attached hydrogen (secondary N) is 1. The first-order valence-electron chi connectivity index (χ1n) is 9.15. The minimum Gasteiger partial charge on any atom is -0.497 e. The van der Waals surface area contributed by atoms with Crippen molar-refractivity contribution in [3.63, 3.8) is 0 Å². The Morgan fingerprint density at radius 3 is 2.50 bits per heavy atom. The Bertz CT molecular complexity index is 818. The quantitative estimate of drug-likeness (QED) is 0.590. The average Bonchev–Trinajstić information content (AvgIpc) is 2.72. The number of rotatable bonds is 11. The van der Waals surface area contributed by atoms with E-state index in [1.807, 2.05) is 24.3 Å². The molecule has 152 valence electrons. The molecule has 0 bridgehead atoms. The zero-order valence-corrected chi connectivity index (χ0v) is 16.6. The smallest absolute Gasteiger partial charge is 0.270 e. The molecule has 0 unspecified atom stereocenters. The molecule has 28 heavy (non-hydrogen) atoms. The second-order valence-electron chi connectivity index (χ2n) is 6.15. The summed E-state index contributed by atoms with van der Waals surface area (Å²) in [6, 6.07) is 8.76. The summed E-state index contributed by atoms with van der Waals surface area (Å²) in [5, 5.41) is 7.27. The number of amides is 1. The number of benzene rings is 1. The number of hydrogen-bond donors (Lipinski definition) is 1. The molecule has 1 heterocycles. The molecule has 0 saturated carbocycles. The van der Waals surface area contributed by atoms with E-state index in [0.29, 0.717) is 44.0 Å². The summed E-state index contributed by atoms with van der Waals surface area (Å²) in [5.74, 6) is 1.09. The molecular formula is C20H27N3O5. The molecule has 1 aromatic heterocycles. The third kappa shape index (κ3) is 6.09. The van der Waals surface area contributed by atoms with Gasteiger partial charge >= 0.3 is 0 Å². The maximum atomic E-state index is 12.3. The van der Waals surface area contributed by atoms with Gasteiger partial charge < -0.3 is 19.5 Å². The molecular weight excluding hydrogens is 362 g/mol. The van der Waals surface area contributed by atoms with Crippen LogP contribution in [0.3, 0.4) is 0 Å². The molecule has 0 spiro atoms.